The lowest BCUT2D eigenvalue weighted by Gasteiger charge is -2.19. The predicted octanol–water partition coefficient (Wildman–Crippen LogP) is 1.99. The van der Waals surface area contributed by atoms with Crippen LogP contribution in [0.2, 0.25) is 0 Å². The Morgan fingerprint density at radius 1 is 1.64 bits per heavy atom. The van der Waals surface area contributed by atoms with Gasteiger partial charge in [0.05, 0.1) is 6.61 Å². The van der Waals surface area contributed by atoms with Gasteiger partial charge in [0, 0.05) is 12.1 Å². The smallest absolute Gasteiger partial charge is 0.145 e. The van der Waals surface area contributed by atoms with Crippen LogP contribution < -0.4 is 0 Å². The highest BCUT2D eigenvalue weighted by molar-refractivity contribution is 5.61. The van der Waals surface area contributed by atoms with Gasteiger partial charge >= 0.3 is 0 Å². The number of ether oxygens (including phenoxy) is 1. The number of nitrogens with zero attached hydrogens (tertiary/aromatic N) is 1. The first-order valence-corrected chi connectivity index (χ1v) is 5.30. The molecule has 0 aromatic rings. The van der Waals surface area contributed by atoms with Crippen molar-refractivity contribution in [2.45, 2.75) is 25.9 Å². The lowest BCUT2D eigenvalue weighted by Crippen LogP contribution is -2.14. The third kappa shape index (κ3) is 2.84. The molecule has 1 aliphatic carbocycles. The summed E-state index contributed by atoms with van der Waals surface area (Å²) in [5, 5.41) is 3.99. The van der Waals surface area contributed by atoms with Crippen LogP contribution in [0.5, 0.6) is 0 Å². The molecule has 3 unspecified atom stereocenters. The number of allylic oxidation sites excluding steroid dienone is 2. The number of hydrogen-bond acceptors (Lipinski definition) is 3. The standard InChI is InChI=1S/C11H17NO2/c1-9-4-2-3-5-10(9)6-12-14-8-11-7-13-11/h2,4,6,9-11H,3,5,7-8H2,1H3/b12-6+. The van der Waals surface area contributed by atoms with E-state index < -0.39 is 0 Å². The summed E-state index contributed by atoms with van der Waals surface area (Å²) in [5.74, 6) is 1.13. The van der Waals surface area contributed by atoms with E-state index in [-0.39, 0.29) is 0 Å². The molecule has 0 N–H and O–H groups in total. The molecule has 0 radical (unpaired) electrons. The molecular formula is C11H17NO2. The minimum Gasteiger partial charge on any atom is -0.393 e. The topological polar surface area (TPSA) is 34.1 Å². The lowest BCUT2D eigenvalue weighted by atomic mass is 9.86. The fourth-order valence-corrected chi connectivity index (χ4v) is 1.63. The second-order valence-electron chi connectivity index (χ2n) is 4.03. The zero-order valence-electron chi connectivity index (χ0n) is 8.56. The van der Waals surface area contributed by atoms with E-state index in [0.29, 0.717) is 24.5 Å². The van der Waals surface area contributed by atoms with Crippen LogP contribution in [-0.4, -0.2) is 25.5 Å². The zero-order valence-corrected chi connectivity index (χ0v) is 8.56. The Kier molecular flexibility index (Phi) is 3.19. The van der Waals surface area contributed by atoms with E-state index in [2.05, 4.69) is 24.2 Å². The molecule has 3 atom stereocenters. The summed E-state index contributed by atoms with van der Waals surface area (Å²) in [5.41, 5.74) is 0. The summed E-state index contributed by atoms with van der Waals surface area (Å²) in [4.78, 5) is 5.13. The van der Waals surface area contributed by atoms with Crippen molar-refractivity contribution in [3.63, 3.8) is 0 Å². The number of rotatable bonds is 4. The summed E-state index contributed by atoms with van der Waals surface area (Å²) in [6.45, 7) is 3.65. The van der Waals surface area contributed by atoms with E-state index in [1.165, 1.54) is 6.42 Å². The molecule has 1 saturated heterocycles. The van der Waals surface area contributed by atoms with Crippen molar-refractivity contribution in [1.82, 2.24) is 0 Å². The molecule has 14 heavy (non-hydrogen) atoms. The maximum atomic E-state index is 5.13. The van der Waals surface area contributed by atoms with Gasteiger partial charge in [0.2, 0.25) is 0 Å². The molecule has 3 heteroatoms. The van der Waals surface area contributed by atoms with Crippen LogP contribution in [0.3, 0.4) is 0 Å². The van der Waals surface area contributed by atoms with Crippen LogP contribution in [0.25, 0.3) is 0 Å². The highest BCUT2D eigenvalue weighted by Gasteiger charge is 2.23. The van der Waals surface area contributed by atoms with Crippen molar-refractivity contribution in [1.29, 1.82) is 0 Å². The summed E-state index contributed by atoms with van der Waals surface area (Å²) in [6, 6.07) is 0. The second-order valence-corrected chi connectivity index (χ2v) is 4.03. The van der Waals surface area contributed by atoms with Crippen molar-refractivity contribution < 1.29 is 9.57 Å². The Labute approximate surface area is 84.8 Å². The summed E-state index contributed by atoms with van der Waals surface area (Å²) in [6.07, 6.45) is 9.09. The van der Waals surface area contributed by atoms with E-state index in [1.54, 1.807) is 0 Å². The fraction of sp³-hybridized carbons (Fsp3) is 0.727. The summed E-state index contributed by atoms with van der Waals surface area (Å²) >= 11 is 0. The van der Waals surface area contributed by atoms with Crippen molar-refractivity contribution in [3.05, 3.63) is 12.2 Å². The molecule has 0 spiro atoms. The maximum absolute atomic E-state index is 5.13. The molecular weight excluding hydrogens is 178 g/mol. The van der Waals surface area contributed by atoms with Crippen LogP contribution in [0.4, 0.5) is 0 Å². The minimum absolute atomic E-state index is 0.302. The Bertz CT molecular complexity index is 233. The molecule has 2 rings (SSSR count). The quantitative estimate of drug-likeness (QED) is 0.297. The van der Waals surface area contributed by atoms with Crippen molar-refractivity contribution in [2.24, 2.45) is 17.0 Å². The third-order valence-corrected chi connectivity index (χ3v) is 2.77. The van der Waals surface area contributed by atoms with Crippen LogP contribution in [0.15, 0.2) is 17.3 Å². The van der Waals surface area contributed by atoms with Crippen LogP contribution >= 0.6 is 0 Å². The fourth-order valence-electron chi connectivity index (χ4n) is 1.63. The molecule has 78 valence electrons. The number of oxime groups is 1. The van der Waals surface area contributed by atoms with Gasteiger partial charge in [-0.25, -0.2) is 0 Å². The Balaban J connectivity index is 1.69. The van der Waals surface area contributed by atoms with Crippen LogP contribution in [-0.2, 0) is 9.57 Å². The molecule has 0 bridgehead atoms. The molecule has 3 nitrogen and oxygen atoms in total. The van der Waals surface area contributed by atoms with Gasteiger partial charge in [-0.3, -0.25) is 0 Å². The highest BCUT2D eigenvalue weighted by Crippen LogP contribution is 2.22. The van der Waals surface area contributed by atoms with E-state index >= 15 is 0 Å². The normalized spacial score (nSPS) is 36.2. The van der Waals surface area contributed by atoms with E-state index in [4.69, 9.17) is 9.57 Å². The Hall–Kier alpha value is -0.830. The van der Waals surface area contributed by atoms with Gasteiger partial charge in [-0.15, -0.1) is 0 Å². The molecule has 0 amide bonds. The molecule has 2 aliphatic rings. The third-order valence-electron chi connectivity index (χ3n) is 2.77. The molecule has 0 aromatic carbocycles. The van der Waals surface area contributed by atoms with E-state index in [9.17, 15) is 0 Å². The average molecular weight is 195 g/mol. The Morgan fingerprint density at radius 2 is 2.50 bits per heavy atom. The van der Waals surface area contributed by atoms with Gasteiger partial charge in [-0.1, -0.05) is 24.2 Å². The largest absolute Gasteiger partial charge is 0.393 e. The van der Waals surface area contributed by atoms with E-state index in [0.717, 1.165) is 13.0 Å². The predicted molar refractivity (Wildman–Crippen MR) is 55.2 cm³/mol. The van der Waals surface area contributed by atoms with Gasteiger partial charge < -0.3 is 9.57 Å². The average Bonchev–Trinajstić information content (AvgIpc) is 2.99. The van der Waals surface area contributed by atoms with Gasteiger partial charge in [-0.2, -0.15) is 0 Å². The molecule has 1 aliphatic heterocycles. The zero-order chi connectivity index (χ0) is 9.80. The second kappa shape index (κ2) is 4.60. The first-order valence-electron chi connectivity index (χ1n) is 5.30. The molecule has 0 saturated carbocycles. The highest BCUT2D eigenvalue weighted by atomic mass is 16.7. The van der Waals surface area contributed by atoms with Crippen molar-refractivity contribution in [2.75, 3.05) is 13.2 Å². The van der Waals surface area contributed by atoms with Crippen LogP contribution in [0.1, 0.15) is 19.8 Å². The summed E-state index contributed by atoms with van der Waals surface area (Å²) in [7, 11) is 0. The lowest BCUT2D eigenvalue weighted by molar-refractivity contribution is 0.124. The Morgan fingerprint density at radius 3 is 3.21 bits per heavy atom. The number of epoxide rings is 1. The summed E-state index contributed by atoms with van der Waals surface area (Å²) < 4.78 is 5.01. The molecule has 1 heterocycles. The monoisotopic (exact) mass is 195 g/mol. The maximum Gasteiger partial charge on any atom is 0.145 e. The minimum atomic E-state index is 0.302. The van der Waals surface area contributed by atoms with Gasteiger partial charge in [0.1, 0.15) is 12.7 Å². The number of hydrogen-bond donors (Lipinski definition) is 0. The van der Waals surface area contributed by atoms with Gasteiger partial charge in [0.15, 0.2) is 0 Å². The van der Waals surface area contributed by atoms with E-state index in [1.807, 2.05) is 6.21 Å². The van der Waals surface area contributed by atoms with Gasteiger partial charge in [0.25, 0.3) is 0 Å². The molecule has 0 aromatic heterocycles. The first-order chi connectivity index (χ1) is 6.86. The van der Waals surface area contributed by atoms with Gasteiger partial charge in [-0.05, 0) is 18.8 Å². The van der Waals surface area contributed by atoms with Crippen molar-refractivity contribution >= 4 is 6.21 Å². The van der Waals surface area contributed by atoms with Crippen LogP contribution in [0, 0.1) is 11.8 Å². The SMILES string of the molecule is CC1C=CCCC1/C=N/OCC1CO1. The molecule has 1 fully saturated rings. The first kappa shape index (κ1) is 9.71. The van der Waals surface area contributed by atoms with Crippen molar-refractivity contribution in [3.8, 4) is 0 Å².